The van der Waals surface area contributed by atoms with Crippen LogP contribution in [0.3, 0.4) is 0 Å². The molecule has 0 aliphatic rings. The predicted molar refractivity (Wildman–Crippen MR) is 97.6 cm³/mol. The van der Waals surface area contributed by atoms with Crippen LogP contribution in [-0.4, -0.2) is 36.5 Å². The van der Waals surface area contributed by atoms with Crippen LogP contribution in [-0.2, 0) is 15.6 Å². The highest BCUT2D eigenvalue weighted by Gasteiger charge is 2.26. The summed E-state index contributed by atoms with van der Waals surface area (Å²) < 4.78 is 53.0. The lowest BCUT2D eigenvalue weighted by molar-refractivity contribution is 0.234. The summed E-state index contributed by atoms with van der Waals surface area (Å²) in [5, 5.41) is 7.50. The lowest BCUT2D eigenvalue weighted by Gasteiger charge is -2.04. The fourth-order valence-electron chi connectivity index (χ4n) is 2.22. The SMILES string of the molecule is COc1ccc(-c2nc(SCc3ccc(S(=O)(=O)C(F)F)cc3)n[nH]2)cc1. The third kappa shape index (κ3) is 4.45. The molecule has 0 amide bonds. The topological polar surface area (TPSA) is 84.9 Å². The summed E-state index contributed by atoms with van der Waals surface area (Å²) in [7, 11) is -2.98. The number of methoxy groups -OCH3 is 1. The summed E-state index contributed by atoms with van der Waals surface area (Å²) in [4.78, 5) is 3.99. The Bertz CT molecular complexity index is 1000. The average Bonchev–Trinajstić information content (AvgIpc) is 3.15. The van der Waals surface area contributed by atoms with Gasteiger partial charge >= 0.3 is 5.76 Å². The summed E-state index contributed by atoms with van der Waals surface area (Å²) in [6.45, 7) is 0. The molecule has 2 aromatic carbocycles. The Morgan fingerprint density at radius 1 is 1.11 bits per heavy atom. The molecule has 27 heavy (non-hydrogen) atoms. The van der Waals surface area contributed by atoms with E-state index in [4.69, 9.17) is 4.74 Å². The van der Waals surface area contributed by atoms with Gasteiger partial charge in [-0.05, 0) is 42.0 Å². The van der Waals surface area contributed by atoms with Gasteiger partial charge in [0.05, 0.1) is 12.0 Å². The second-order valence-corrected chi connectivity index (χ2v) is 8.29. The number of rotatable bonds is 7. The minimum absolute atomic E-state index is 0.397. The van der Waals surface area contributed by atoms with E-state index in [1.165, 1.54) is 36.0 Å². The summed E-state index contributed by atoms with van der Waals surface area (Å²) in [6, 6.07) is 12.7. The van der Waals surface area contributed by atoms with Crippen LogP contribution < -0.4 is 4.74 Å². The number of alkyl halides is 2. The van der Waals surface area contributed by atoms with Crippen molar-refractivity contribution in [1.82, 2.24) is 15.2 Å². The molecule has 0 saturated carbocycles. The van der Waals surface area contributed by atoms with Gasteiger partial charge < -0.3 is 4.74 Å². The Balaban J connectivity index is 1.64. The van der Waals surface area contributed by atoms with Crippen LogP contribution in [0.1, 0.15) is 5.56 Å². The zero-order chi connectivity index (χ0) is 19.4. The van der Waals surface area contributed by atoms with Gasteiger partial charge in [0.2, 0.25) is 15.0 Å². The predicted octanol–water partition coefficient (Wildman–Crippen LogP) is 3.77. The second kappa shape index (κ2) is 8.05. The molecule has 0 aliphatic heterocycles. The molecular weight excluding hydrogens is 396 g/mol. The molecule has 0 fully saturated rings. The van der Waals surface area contributed by atoms with Gasteiger partial charge in [-0.2, -0.15) is 8.78 Å². The molecule has 0 aliphatic carbocycles. The number of hydrogen-bond donors (Lipinski definition) is 1. The molecule has 6 nitrogen and oxygen atoms in total. The largest absolute Gasteiger partial charge is 0.497 e. The van der Waals surface area contributed by atoms with E-state index < -0.39 is 20.5 Å². The lowest BCUT2D eigenvalue weighted by Crippen LogP contribution is -2.11. The van der Waals surface area contributed by atoms with Crippen LogP contribution in [0.15, 0.2) is 58.6 Å². The van der Waals surface area contributed by atoms with Crippen LogP contribution in [0.25, 0.3) is 11.4 Å². The fourth-order valence-corrected chi connectivity index (χ4v) is 3.69. The van der Waals surface area contributed by atoms with Gasteiger partial charge in [0, 0.05) is 11.3 Å². The molecule has 1 N–H and O–H groups in total. The van der Waals surface area contributed by atoms with E-state index in [2.05, 4.69) is 15.2 Å². The Hall–Kier alpha value is -2.46. The number of nitrogens with one attached hydrogen (secondary N) is 1. The summed E-state index contributed by atoms with van der Waals surface area (Å²) in [5.41, 5.74) is 1.63. The first kappa shape index (κ1) is 19.3. The van der Waals surface area contributed by atoms with Crippen molar-refractivity contribution in [1.29, 1.82) is 0 Å². The zero-order valence-electron chi connectivity index (χ0n) is 14.1. The Labute approximate surface area is 158 Å². The van der Waals surface area contributed by atoms with E-state index in [0.29, 0.717) is 16.7 Å². The molecule has 1 heterocycles. The number of aromatic amines is 1. The van der Waals surface area contributed by atoms with Crippen LogP contribution in [0.2, 0.25) is 0 Å². The summed E-state index contributed by atoms with van der Waals surface area (Å²) >= 11 is 1.34. The van der Waals surface area contributed by atoms with Crippen molar-refractivity contribution in [3.05, 3.63) is 54.1 Å². The quantitative estimate of drug-likeness (QED) is 0.596. The second-order valence-electron chi connectivity index (χ2n) is 5.43. The monoisotopic (exact) mass is 411 g/mol. The van der Waals surface area contributed by atoms with Crippen LogP contribution in [0.4, 0.5) is 8.78 Å². The van der Waals surface area contributed by atoms with E-state index in [-0.39, 0.29) is 0 Å². The van der Waals surface area contributed by atoms with E-state index in [1.807, 2.05) is 24.3 Å². The van der Waals surface area contributed by atoms with Gasteiger partial charge in [-0.25, -0.2) is 13.4 Å². The van der Waals surface area contributed by atoms with Crippen molar-refractivity contribution in [2.24, 2.45) is 0 Å². The van der Waals surface area contributed by atoms with Crippen molar-refractivity contribution < 1.29 is 21.9 Å². The summed E-state index contributed by atoms with van der Waals surface area (Å²) in [6.07, 6.45) is 0. The van der Waals surface area contributed by atoms with Crippen LogP contribution in [0, 0.1) is 0 Å². The Morgan fingerprint density at radius 2 is 1.78 bits per heavy atom. The molecule has 142 valence electrons. The number of hydrogen-bond acceptors (Lipinski definition) is 6. The number of H-pyrrole nitrogens is 1. The first-order valence-electron chi connectivity index (χ1n) is 7.71. The molecule has 0 saturated heterocycles. The van der Waals surface area contributed by atoms with Crippen LogP contribution in [0.5, 0.6) is 5.75 Å². The number of nitrogens with zero attached hydrogens (tertiary/aromatic N) is 2. The number of halogens is 2. The summed E-state index contributed by atoms with van der Waals surface area (Å²) in [5.74, 6) is -1.61. The normalized spacial score (nSPS) is 11.7. The van der Waals surface area contributed by atoms with Gasteiger partial charge in [-0.15, -0.1) is 5.10 Å². The third-order valence-electron chi connectivity index (χ3n) is 3.68. The molecule has 0 unspecified atom stereocenters. The third-order valence-corrected chi connectivity index (χ3v) is 6.00. The molecule has 0 radical (unpaired) electrons. The highest BCUT2D eigenvalue weighted by molar-refractivity contribution is 7.98. The maximum Gasteiger partial charge on any atom is 0.341 e. The first-order chi connectivity index (χ1) is 12.9. The van der Waals surface area contributed by atoms with Crippen molar-refractivity contribution in [2.75, 3.05) is 7.11 Å². The van der Waals surface area contributed by atoms with E-state index >= 15 is 0 Å². The highest BCUT2D eigenvalue weighted by atomic mass is 32.2. The van der Waals surface area contributed by atoms with E-state index in [9.17, 15) is 17.2 Å². The zero-order valence-corrected chi connectivity index (χ0v) is 15.7. The van der Waals surface area contributed by atoms with E-state index in [1.54, 1.807) is 7.11 Å². The smallest absolute Gasteiger partial charge is 0.341 e. The molecular formula is C17H15F2N3O3S2. The lowest BCUT2D eigenvalue weighted by atomic mass is 10.2. The Kier molecular flexibility index (Phi) is 5.76. The Morgan fingerprint density at radius 3 is 2.37 bits per heavy atom. The van der Waals surface area contributed by atoms with Crippen molar-refractivity contribution in [3.8, 4) is 17.1 Å². The number of thioether (sulfide) groups is 1. The molecule has 0 spiro atoms. The van der Waals surface area contributed by atoms with Crippen molar-refractivity contribution in [2.45, 2.75) is 21.6 Å². The highest BCUT2D eigenvalue weighted by Crippen LogP contribution is 2.25. The van der Waals surface area contributed by atoms with Crippen molar-refractivity contribution >= 4 is 21.6 Å². The number of benzene rings is 2. The molecule has 0 atom stereocenters. The molecule has 0 bridgehead atoms. The van der Waals surface area contributed by atoms with Gasteiger partial charge in [0.1, 0.15) is 5.75 Å². The van der Waals surface area contributed by atoms with Gasteiger partial charge in [0.25, 0.3) is 0 Å². The van der Waals surface area contributed by atoms with E-state index in [0.717, 1.165) is 16.9 Å². The molecule has 10 heteroatoms. The number of aromatic nitrogens is 3. The van der Waals surface area contributed by atoms with Gasteiger partial charge in [-0.1, -0.05) is 23.9 Å². The minimum Gasteiger partial charge on any atom is -0.497 e. The molecule has 3 aromatic rings. The number of sulfone groups is 1. The average molecular weight is 411 g/mol. The number of ether oxygens (including phenoxy) is 1. The van der Waals surface area contributed by atoms with Crippen molar-refractivity contribution in [3.63, 3.8) is 0 Å². The molecule has 3 rings (SSSR count). The van der Waals surface area contributed by atoms with Crippen LogP contribution >= 0.6 is 11.8 Å². The standard InChI is InChI=1S/C17H15F2N3O3S2/c1-25-13-6-4-12(5-7-13)15-20-17(22-21-15)26-10-11-2-8-14(9-3-11)27(23,24)16(18)19/h2-9,16H,10H2,1H3,(H,20,21,22). The maximum atomic E-state index is 12.5. The van der Waals surface area contributed by atoms with Gasteiger partial charge in [-0.3, -0.25) is 5.10 Å². The first-order valence-corrected chi connectivity index (χ1v) is 10.2. The fraction of sp³-hybridized carbons (Fsp3) is 0.176. The minimum atomic E-state index is -4.57. The maximum absolute atomic E-state index is 12.5. The molecule has 1 aromatic heterocycles. The van der Waals surface area contributed by atoms with Gasteiger partial charge in [0.15, 0.2) is 5.82 Å².